The molecule has 1 aromatic rings. The van der Waals surface area contributed by atoms with Crippen molar-refractivity contribution in [3.8, 4) is 5.75 Å². The Morgan fingerprint density at radius 3 is 3.00 bits per heavy atom. The average Bonchev–Trinajstić information content (AvgIpc) is 3.07. The standard InChI is InChI=1S/C17H25NO2/c1-3-9-18-17(16-6-4-12(2)20-16)14-5-7-15-13(11-14)8-10-19-15/h5,7,11-12,16-18H,3-4,6,8-10H2,1-2H3. The van der Waals surface area contributed by atoms with Gasteiger partial charge in [0, 0.05) is 6.42 Å². The molecule has 0 radical (unpaired) electrons. The van der Waals surface area contributed by atoms with Crippen LogP contribution in [0.3, 0.4) is 0 Å². The summed E-state index contributed by atoms with van der Waals surface area (Å²) in [6.45, 7) is 6.24. The summed E-state index contributed by atoms with van der Waals surface area (Å²) in [6, 6.07) is 6.94. The van der Waals surface area contributed by atoms with Crippen LogP contribution in [0.1, 0.15) is 50.3 Å². The predicted molar refractivity (Wildman–Crippen MR) is 80.2 cm³/mol. The van der Waals surface area contributed by atoms with Crippen LogP contribution in [0.5, 0.6) is 5.75 Å². The highest BCUT2D eigenvalue weighted by Crippen LogP contribution is 2.33. The molecule has 0 amide bonds. The van der Waals surface area contributed by atoms with E-state index < -0.39 is 0 Å². The van der Waals surface area contributed by atoms with E-state index in [9.17, 15) is 0 Å². The van der Waals surface area contributed by atoms with Crippen molar-refractivity contribution >= 4 is 0 Å². The van der Waals surface area contributed by atoms with Crippen LogP contribution in [0.2, 0.25) is 0 Å². The maximum atomic E-state index is 6.10. The molecule has 3 heteroatoms. The minimum atomic E-state index is 0.303. The second kappa shape index (κ2) is 6.15. The van der Waals surface area contributed by atoms with Crippen molar-refractivity contribution in [2.45, 2.75) is 57.8 Å². The van der Waals surface area contributed by atoms with Gasteiger partial charge in [0.1, 0.15) is 5.75 Å². The molecule has 0 aliphatic carbocycles. The van der Waals surface area contributed by atoms with Crippen LogP contribution in [0.4, 0.5) is 0 Å². The van der Waals surface area contributed by atoms with E-state index in [1.165, 1.54) is 17.5 Å². The van der Waals surface area contributed by atoms with Gasteiger partial charge < -0.3 is 14.8 Å². The van der Waals surface area contributed by atoms with Crippen LogP contribution in [0.15, 0.2) is 18.2 Å². The van der Waals surface area contributed by atoms with Crippen molar-refractivity contribution in [3.63, 3.8) is 0 Å². The maximum Gasteiger partial charge on any atom is 0.122 e. The van der Waals surface area contributed by atoms with Crippen LogP contribution in [-0.2, 0) is 11.2 Å². The number of ether oxygens (including phenoxy) is 2. The van der Waals surface area contributed by atoms with E-state index in [0.29, 0.717) is 18.2 Å². The molecule has 0 spiro atoms. The fraction of sp³-hybridized carbons (Fsp3) is 0.647. The Morgan fingerprint density at radius 2 is 2.25 bits per heavy atom. The van der Waals surface area contributed by atoms with E-state index in [0.717, 1.165) is 38.2 Å². The van der Waals surface area contributed by atoms with Gasteiger partial charge in [0.05, 0.1) is 24.9 Å². The van der Waals surface area contributed by atoms with E-state index in [1.54, 1.807) is 0 Å². The van der Waals surface area contributed by atoms with Crippen LogP contribution in [-0.4, -0.2) is 25.4 Å². The third-order valence-corrected chi connectivity index (χ3v) is 4.32. The fourth-order valence-electron chi connectivity index (χ4n) is 3.24. The Bertz CT molecular complexity index is 460. The Labute approximate surface area is 121 Å². The van der Waals surface area contributed by atoms with Gasteiger partial charge in [0.15, 0.2) is 0 Å². The largest absolute Gasteiger partial charge is 0.493 e. The summed E-state index contributed by atoms with van der Waals surface area (Å²) in [7, 11) is 0. The van der Waals surface area contributed by atoms with Gasteiger partial charge in [0.2, 0.25) is 0 Å². The Morgan fingerprint density at radius 1 is 1.35 bits per heavy atom. The average molecular weight is 275 g/mol. The van der Waals surface area contributed by atoms with Crippen molar-refractivity contribution in [2.24, 2.45) is 0 Å². The van der Waals surface area contributed by atoms with Crippen LogP contribution < -0.4 is 10.1 Å². The number of hydrogen-bond donors (Lipinski definition) is 1. The first-order chi connectivity index (χ1) is 9.78. The van der Waals surface area contributed by atoms with Crippen LogP contribution in [0.25, 0.3) is 0 Å². The van der Waals surface area contributed by atoms with Gasteiger partial charge in [-0.25, -0.2) is 0 Å². The zero-order valence-electron chi connectivity index (χ0n) is 12.5. The maximum absolute atomic E-state index is 6.10. The van der Waals surface area contributed by atoms with Gasteiger partial charge in [-0.05, 0) is 49.9 Å². The number of nitrogens with one attached hydrogen (secondary N) is 1. The van der Waals surface area contributed by atoms with Gasteiger partial charge >= 0.3 is 0 Å². The topological polar surface area (TPSA) is 30.5 Å². The van der Waals surface area contributed by atoms with Crippen molar-refractivity contribution < 1.29 is 9.47 Å². The lowest BCUT2D eigenvalue weighted by Crippen LogP contribution is -2.32. The van der Waals surface area contributed by atoms with Crippen LogP contribution >= 0.6 is 0 Å². The summed E-state index contributed by atoms with van der Waals surface area (Å²) in [5, 5.41) is 3.67. The number of hydrogen-bond acceptors (Lipinski definition) is 3. The van der Waals surface area contributed by atoms with E-state index in [4.69, 9.17) is 9.47 Å². The summed E-state index contributed by atoms with van der Waals surface area (Å²) in [6.07, 6.45) is 5.19. The van der Waals surface area contributed by atoms with E-state index in [1.807, 2.05) is 0 Å². The molecule has 1 saturated heterocycles. The van der Waals surface area contributed by atoms with Gasteiger partial charge in [-0.2, -0.15) is 0 Å². The Kier molecular flexibility index (Phi) is 4.27. The molecule has 2 aliphatic rings. The van der Waals surface area contributed by atoms with E-state index >= 15 is 0 Å². The molecule has 3 unspecified atom stereocenters. The molecular formula is C17H25NO2. The normalized spacial score (nSPS) is 26.3. The lowest BCUT2D eigenvalue weighted by molar-refractivity contribution is 0.0316. The molecule has 0 bridgehead atoms. The second-order valence-corrected chi connectivity index (χ2v) is 5.96. The molecule has 3 nitrogen and oxygen atoms in total. The SMILES string of the molecule is CCCNC(c1ccc2c(c1)CCO2)C1CCC(C)O1. The molecule has 3 rings (SSSR count). The van der Waals surface area contributed by atoms with Gasteiger partial charge in [-0.1, -0.05) is 19.1 Å². The molecule has 1 N–H and O–H groups in total. The number of fused-ring (bicyclic) bond motifs is 1. The number of benzene rings is 1. The van der Waals surface area contributed by atoms with Gasteiger partial charge in [-0.3, -0.25) is 0 Å². The first-order valence-electron chi connectivity index (χ1n) is 7.92. The third-order valence-electron chi connectivity index (χ3n) is 4.32. The summed E-state index contributed by atoms with van der Waals surface area (Å²) < 4.78 is 11.7. The first kappa shape index (κ1) is 13.9. The highest BCUT2D eigenvalue weighted by molar-refractivity contribution is 5.41. The molecule has 20 heavy (non-hydrogen) atoms. The summed E-state index contributed by atoms with van der Waals surface area (Å²) in [5.41, 5.74) is 2.69. The molecule has 2 aliphatic heterocycles. The molecule has 3 atom stereocenters. The third kappa shape index (κ3) is 2.84. The minimum Gasteiger partial charge on any atom is -0.493 e. The monoisotopic (exact) mass is 275 g/mol. The lowest BCUT2D eigenvalue weighted by Gasteiger charge is -2.25. The zero-order chi connectivity index (χ0) is 13.9. The molecule has 110 valence electrons. The molecule has 0 aromatic heterocycles. The Balaban J connectivity index is 1.80. The molecule has 2 heterocycles. The summed E-state index contributed by atoms with van der Waals surface area (Å²) in [5.74, 6) is 1.06. The Hall–Kier alpha value is -1.06. The summed E-state index contributed by atoms with van der Waals surface area (Å²) >= 11 is 0. The minimum absolute atomic E-state index is 0.303. The summed E-state index contributed by atoms with van der Waals surface area (Å²) in [4.78, 5) is 0. The second-order valence-electron chi connectivity index (χ2n) is 5.96. The molecule has 1 aromatic carbocycles. The quantitative estimate of drug-likeness (QED) is 0.895. The zero-order valence-corrected chi connectivity index (χ0v) is 12.5. The van der Waals surface area contributed by atoms with Crippen molar-refractivity contribution in [1.82, 2.24) is 5.32 Å². The van der Waals surface area contributed by atoms with Crippen molar-refractivity contribution in [1.29, 1.82) is 0 Å². The highest BCUT2D eigenvalue weighted by Gasteiger charge is 2.31. The van der Waals surface area contributed by atoms with Crippen molar-refractivity contribution in [2.75, 3.05) is 13.2 Å². The molecule has 0 saturated carbocycles. The smallest absolute Gasteiger partial charge is 0.122 e. The van der Waals surface area contributed by atoms with Crippen molar-refractivity contribution in [3.05, 3.63) is 29.3 Å². The predicted octanol–water partition coefficient (Wildman–Crippen LogP) is 3.23. The number of rotatable bonds is 5. The van der Waals surface area contributed by atoms with E-state index in [2.05, 4.69) is 37.4 Å². The first-order valence-corrected chi connectivity index (χ1v) is 7.92. The van der Waals surface area contributed by atoms with E-state index in [-0.39, 0.29) is 0 Å². The molecular weight excluding hydrogens is 250 g/mol. The fourth-order valence-corrected chi connectivity index (χ4v) is 3.24. The highest BCUT2D eigenvalue weighted by atomic mass is 16.5. The van der Waals surface area contributed by atoms with Gasteiger partial charge in [0.25, 0.3) is 0 Å². The lowest BCUT2D eigenvalue weighted by atomic mass is 9.96. The van der Waals surface area contributed by atoms with Gasteiger partial charge in [-0.15, -0.1) is 0 Å². The van der Waals surface area contributed by atoms with Crippen LogP contribution in [0, 0.1) is 0 Å². The molecule has 1 fully saturated rings.